The summed E-state index contributed by atoms with van der Waals surface area (Å²) in [7, 11) is 0. The maximum absolute atomic E-state index is 12.5. The first-order valence-corrected chi connectivity index (χ1v) is 9.83. The van der Waals surface area contributed by atoms with Crippen molar-refractivity contribution in [2.24, 2.45) is 11.8 Å². The Morgan fingerprint density at radius 2 is 2.13 bits per heavy atom. The second kappa shape index (κ2) is 8.84. The number of nitrogens with zero attached hydrogens (tertiary/aromatic N) is 2. The Balaban J connectivity index is 0.00000256. The summed E-state index contributed by atoms with van der Waals surface area (Å²) in [5, 5.41) is 27.4. The van der Waals surface area contributed by atoms with Crippen LogP contribution in [0.5, 0.6) is 0 Å². The Morgan fingerprint density at radius 3 is 2.77 bits per heavy atom. The number of aliphatic hydroxyl groups is 1. The number of aliphatic hydroxyl groups excluding tert-OH is 1. The van der Waals surface area contributed by atoms with E-state index in [1.165, 1.54) is 18.0 Å². The number of carboxylic acids is 1. The number of aliphatic carboxylic acids is 1. The molecule has 4 rings (SSSR count). The van der Waals surface area contributed by atoms with E-state index in [4.69, 9.17) is 11.6 Å². The minimum atomic E-state index is -1.45. The number of hydrogen-bond acceptors (Lipinski definition) is 6. The molecule has 11 heteroatoms. The number of hydrogen-bond donors (Lipinski definition) is 3. The number of carboxylic acid groups (broad SMARTS) is 1. The molecule has 2 aliphatic heterocycles. The van der Waals surface area contributed by atoms with Gasteiger partial charge in [-0.1, -0.05) is 18.0 Å². The Hall–Kier alpha value is -1.65. The smallest absolute Gasteiger partial charge is 0.543 e. The number of halogens is 1. The number of fused-ring (bicyclic) bond motifs is 3. The molecule has 3 N–H and O–H groups in total. The Kier molecular flexibility index (Phi) is 6.78. The third kappa shape index (κ3) is 3.73. The number of urea groups is 1. The molecule has 3 aliphatic rings. The molecular weight excluding hydrogens is 423 g/mol. The van der Waals surface area contributed by atoms with Gasteiger partial charge in [-0.15, -0.1) is 0 Å². The molecule has 1 saturated carbocycles. The Labute approximate surface area is 200 Å². The molecule has 0 bridgehead atoms. The van der Waals surface area contributed by atoms with Gasteiger partial charge in [-0.3, -0.25) is 4.79 Å². The summed E-state index contributed by atoms with van der Waals surface area (Å²) >= 11 is 5.96. The number of anilines is 1. The average Bonchev–Trinajstić information content (AvgIpc) is 2.95. The van der Waals surface area contributed by atoms with Crippen molar-refractivity contribution in [3.63, 3.8) is 0 Å². The predicted molar refractivity (Wildman–Crippen MR) is 100 cm³/mol. The fourth-order valence-corrected chi connectivity index (χ4v) is 4.99. The van der Waals surface area contributed by atoms with Gasteiger partial charge in [0.25, 0.3) is 0 Å². The minimum absolute atomic E-state index is 0. The summed E-state index contributed by atoms with van der Waals surface area (Å²) in [5.74, 6) is -2.75. The average molecular weight is 443 g/mol. The van der Waals surface area contributed by atoms with Gasteiger partial charge < -0.3 is 30.5 Å². The van der Waals surface area contributed by atoms with Crippen LogP contribution in [-0.2, 0) is 9.59 Å². The van der Waals surface area contributed by atoms with Crippen LogP contribution < -0.4 is 45.3 Å². The second-order valence-corrected chi connectivity index (χ2v) is 7.94. The number of rotatable bonds is 4. The monoisotopic (exact) mass is 442 g/mol. The SMILES string of the molecule is CC(O)[C@H]1C(=O)N2C(C(=O)[O-])=C3[C@@H](NC(=O)Nc4cccnc4Cl)CCC[C@@H]3[C@H]12.[Na+]. The molecule has 2 fully saturated rings. The van der Waals surface area contributed by atoms with Crippen molar-refractivity contribution in [3.8, 4) is 0 Å². The molecule has 1 saturated heterocycles. The van der Waals surface area contributed by atoms with E-state index in [0.29, 0.717) is 24.1 Å². The van der Waals surface area contributed by atoms with Gasteiger partial charge >= 0.3 is 35.6 Å². The van der Waals surface area contributed by atoms with Crippen molar-refractivity contribution < 1.29 is 54.2 Å². The van der Waals surface area contributed by atoms with Crippen LogP contribution in [-0.4, -0.2) is 51.1 Å². The molecule has 1 unspecified atom stereocenters. The van der Waals surface area contributed by atoms with Crippen LogP contribution in [0.2, 0.25) is 5.15 Å². The normalized spacial score (nSPS) is 28.0. The second-order valence-electron chi connectivity index (χ2n) is 7.59. The van der Waals surface area contributed by atoms with Crippen LogP contribution in [0.4, 0.5) is 10.5 Å². The van der Waals surface area contributed by atoms with Crippen molar-refractivity contribution >= 4 is 35.2 Å². The van der Waals surface area contributed by atoms with Crippen molar-refractivity contribution in [2.45, 2.75) is 44.4 Å². The number of amides is 3. The van der Waals surface area contributed by atoms with Crippen LogP contribution in [0.25, 0.3) is 0 Å². The summed E-state index contributed by atoms with van der Waals surface area (Å²) in [6.45, 7) is 1.53. The maximum Gasteiger partial charge on any atom is 1.00 e. The van der Waals surface area contributed by atoms with Crippen LogP contribution in [0.3, 0.4) is 0 Å². The molecule has 5 atom stereocenters. The van der Waals surface area contributed by atoms with Gasteiger partial charge in [-0.2, -0.15) is 0 Å². The van der Waals surface area contributed by atoms with Gasteiger partial charge in [0.2, 0.25) is 5.91 Å². The van der Waals surface area contributed by atoms with Crippen molar-refractivity contribution in [1.29, 1.82) is 0 Å². The molecule has 9 nitrogen and oxygen atoms in total. The Morgan fingerprint density at radius 1 is 1.40 bits per heavy atom. The van der Waals surface area contributed by atoms with Crippen molar-refractivity contribution in [2.75, 3.05) is 5.32 Å². The van der Waals surface area contributed by atoms with Crippen LogP contribution in [0.15, 0.2) is 29.6 Å². The summed E-state index contributed by atoms with van der Waals surface area (Å²) in [4.78, 5) is 41.9. The molecular formula is C19H20ClN4NaO5. The molecule has 3 amide bonds. The molecule has 0 spiro atoms. The zero-order valence-corrected chi connectivity index (χ0v) is 19.3. The van der Waals surface area contributed by atoms with Gasteiger partial charge in [0.1, 0.15) is 0 Å². The molecule has 1 aromatic heterocycles. The van der Waals surface area contributed by atoms with E-state index in [2.05, 4.69) is 15.6 Å². The van der Waals surface area contributed by atoms with E-state index in [0.717, 1.165) is 6.42 Å². The van der Waals surface area contributed by atoms with Gasteiger partial charge in [-0.05, 0) is 37.5 Å². The van der Waals surface area contributed by atoms with Gasteiger partial charge in [0.15, 0.2) is 5.15 Å². The van der Waals surface area contributed by atoms with Gasteiger partial charge in [0.05, 0.1) is 41.5 Å². The van der Waals surface area contributed by atoms with E-state index < -0.39 is 42.0 Å². The zero-order chi connectivity index (χ0) is 20.9. The summed E-state index contributed by atoms with van der Waals surface area (Å²) in [5.41, 5.74) is 0.643. The molecule has 1 aromatic rings. The molecule has 154 valence electrons. The van der Waals surface area contributed by atoms with E-state index in [1.807, 2.05) is 0 Å². The number of pyridine rings is 1. The number of nitrogens with one attached hydrogen (secondary N) is 2. The third-order valence-electron chi connectivity index (χ3n) is 5.92. The first-order valence-electron chi connectivity index (χ1n) is 9.45. The largest absolute Gasteiger partial charge is 1.00 e. The summed E-state index contributed by atoms with van der Waals surface area (Å²) in [6, 6.07) is 1.69. The summed E-state index contributed by atoms with van der Waals surface area (Å²) in [6.07, 6.45) is 2.57. The van der Waals surface area contributed by atoms with Crippen LogP contribution in [0, 0.1) is 11.8 Å². The fraction of sp³-hybridized carbons (Fsp3) is 0.474. The van der Waals surface area contributed by atoms with Crippen molar-refractivity contribution in [1.82, 2.24) is 15.2 Å². The van der Waals surface area contributed by atoms with E-state index in [1.54, 1.807) is 12.1 Å². The molecule has 0 radical (unpaired) electrons. The van der Waals surface area contributed by atoms with E-state index in [-0.39, 0.29) is 46.3 Å². The molecule has 0 aromatic carbocycles. The maximum atomic E-state index is 12.5. The number of carbonyl (C=O) groups excluding carboxylic acids is 3. The Bertz CT molecular complexity index is 924. The first kappa shape index (κ1) is 23.0. The summed E-state index contributed by atoms with van der Waals surface area (Å²) < 4.78 is 0. The molecule has 3 heterocycles. The van der Waals surface area contributed by atoms with E-state index >= 15 is 0 Å². The quantitative estimate of drug-likeness (QED) is 0.263. The molecule has 1 aliphatic carbocycles. The van der Waals surface area contributed by atoms with Crippen LogP contribution >= 0.6 is 11.6 Å². The molecule has 30 heavy (non-hydrogen) atoms. The predicted octanol–water partition coefficient (Wildman–Crippen LogP) is -2.75. The number of carbonyl (C=O) groups is 3. The van der Waals surface area contributed by atoms with Crippen molar-refractivity contribution in [3.05, 3.63) is 34.8 Å². The zero-order valence-electron chi connectivity index (χ0n) is 16.6. The number of aromatic nitrogens is 1. The van der Waals surface area contributed by atoms with E-state index in [9.17, 15) is 24.6 Å². The van der Waals surface area contributed by atoms with Gasteiger partial charge in [0, 0.05) is 12.1 Å². The third-order valence-corrected chi connectivity index (χ3v) is 6.22. The fourth-order valence-electron chi connectivity index (χ4n) is 4.82. The number of β-lactam (4-membered cyclic amide) rings is 1. The minimum Gasteiger partial charge on any atom is -0.543 e. The topological polar surface area (TPSA) is 135 Å². The van der Waals surface area contributed by atoms with Crippen LogP contribution in [0.1, 0.15) is 26.2 Å². The van der Waals surface area contributed by atoms with Gasteiger partial charge in [-0.25, -0.2) is 9.78 Å². The first-order chi connectivity index (χ1) is 13.8. The standard InChI is InChI=1S/C19H21ClN4O5.Na/c1-8(25)12-14-9-4-2-5-10(13(9)15(18(27)28)24(14)17(12)26)22-19(29)23-11-6-3-7-21-16(11)20;/h3,6-10,12,14,25H,2,4-5H2,1H3,(H,27,28)(H2,22,23,29);/q;+1/p-1/t8?,9-,10-,12+,14+;/m0./s1.